The summed E-state index contributed by atoms with van der Waals surface area (Å²) in [5.74, 6) is 1.21. The number of halogens is 2. The first kappa shape index (κ1) is 17.2. The van der Waals surface area contributed by atoms with Crippen LogP contribution in [0.3, 0.4) is 0 Å². The van der Waals surface area contributed by atoms with E-state index in [9.17, 15) is 0 Å². The molecule has 0 aliphatic carbocycles. The highest BCUT2D eigenvalue weighted by Crippen LogP contribution is 2.22. The maximum absolute atomic E-state index is 6.13. The number of nitrogens with zero attached hydrogens (tertiary/aromatic N) is 3. The predicted molar refractivity (Wildman–Crippen MR) is 103 cm³/mol. The zero-order valence-electron chi connectivity index (χ0n) is 12.9. The molecule has 1 aromatic carbocycles. The van der Waals surface area contributed by atoms with E-state index in [-0.39, 0.29) is 0 Å². The molecule has 1 aliphatic heterocycles. The van der Waals surface area contributed by atoms with Crippen molar-refractivity contribution in [2.45, 2.75) is 19.4 Å². The van der Waals surface area contributed by atoms with Crippen LogP contribution in [0.25, 0.3) is 0 Å². The van der Waals surface area contributed by atoms with Crippen LogP contribution in [0, 0.1) is 0 Å². The molecule has 0 unspecified atom stereocenters. The fourth-order valence-electron chi connectivity index (χ4n) is 2.53. The van der Waals surface area contributed by atoms with Crippen molar-refractivity contribution in [3.63, 3.8) is 0 Å². The maximum Gasteiger partial charge on any atom is 0.232 e. The summed E-state index contributed by atoms with van der Waals surface area (Å²) >= 11 is 17.5. The molecule has 0 amide bonds. The van der Waals surface area contributed by atoms with E-state index < -0.39 is 0 Å². The molecule has 24 heavy (non-hydrogen) atoms. The standard InChI is InChI=1S/C16H17Cl2N5S/c17-12-6-2-1-5-11(12)10-19-16(24)22-15-20-13(18)9-14(21-15)23-7-3-4-8-23/h1-2,5-6,9H,3-4,7-8,10H2,(H2,19,20,21,22,24). The molecule has 3 rings (SSSR count). The zero-order chi connectivity index (χ0) is 16.9. The Morgan fingerprint density at radius 3 is 2.67 bits per heavy atom. The monoisotopic (exact) mass is 381 g/mol. The van der Waals surface area contributed by atoms with Crippen LogP contribution in [0.15, 0.2) is 30.3 Å². The summed E-state index contributed by atoms with van der Waals surface area (Å²) in [4.78, 5) is 10.9. The minimum absolute atomic E-state index is 0.390. The number of rotatable bonds is 4. The van der Waals surface area contributed by atoms with Crippen molar-refractivity contribution < 1.29 is 0 Å². The Hall–Kier alpha value is -1.63. The maximum atomic E-state index is 6.13. The van der Waals surface area contributed by atoms with Gasteiger partial charge in [0.25, 0.3) is 0 Å². The summed E-state index contributed by atoms with van der Waals surface area (Å²) in [5, 5.41) is 7.59. The van der Waals surface area contributed by atoms with Gasteiger partial charge in [0.15, 0.2) is 5.11 Å². The molecule has 0 radical (unpaired) electrons. The molecule has 0 atom stereocenters. The lowest BCUT2D eigenvalue weighted by Crippen LogP contribution is -2.29. The highest BCUT2D eigenvalue weighted by atomic mass is 35.5. The van der Waals surface area contributed by atoms with Gasteiger partial charge in [0, 0.05) is 30.7 Å². The zero-order valence-corrected chi connectivity index (χ0v) is 15.3. The number of hydrogen-bond acceptors (Lipinski definition) is 4. The summed E-state index contributed by atoms with van der Waals surface area (Å²) in [6, 6.07) is 9.39. The molecule has 1 aromatic heterocycles. The second-order valence-corrected chi connectivity index (χ2v) is 6.67. The molecule has 0 saturated carbocycles. The summed E-state index contributed by atoms with van der Waals surface area (Å²) in [6.07, 6.45) is 2.34. The first-order chi connectivity index (χ1) is 11.6. The number of nitrogens with one attached hydrogen (secondary N) is 2. The Kier molecular flexibility index (Phi) is 5.71. The van der Waals surface area contributed by atoms with Crippen molar-refractivity contribution in [2.75, 3.05) is 23.3 Å². The molecule has 1 saturated heterocycles. The molecule has 2 N–H and O–H groups in total. The van der Waals surface area contributed by atoms with Gasteiger partial charge in [-0.25, -0.2) is 4.98 Å². The average molecular weight is 382 g/mol. The number of aromatic nitrogens is 2. The van der Waals surface area contributed by atoms with E-state index in [1.165, 1.54) is 12.8 Å². The molecule has 5 nitrogen and oxygen atoms in total. The fraction of sp³-hybridized carbons (Fsp3) is 0.312. The van der Waals surface area contributed by atoms with Crippen molar-refractivity contribution in [3.8, 4) is 0 Å². The second-order valence-electron chi connectivity index (χ2n) is 5.47. The van der Waals surface area contributed by atoms with Gasteiger partial charge in [0.2, 0.25) is 5.95 Å². The highest BCUT2D eigenvalue weighted by Gasteiger charge is 2.15. The number of hydrogen-bond donors (Lipinski definition) is 2. The van der Waals surface area contributed by atoms with Crippen molar-refractivity contribution in [3.05, 3.63) is 46.1 Å². The Labute approximate surface area is 156 Å². The quantitative estimate of drug-likeness (QED) is 0.619. The SMILES string of the molecule is S=C(NCc1ccccc1Cl)Nc1nc(Cl)cc(N2CCCC2)n1. The van der Waals surface area contributed by atoms with Gasteiger partial charge in [-0.05, 0) is 36.7 Å². The van der Waals surface area contributed by atoms with Crippen LogP contribution in [0.4, 0.5) is 11.8 Å². The van der Waals surface area contributed by atoms with Crippen molar-refractivity contribution in [2.24, 2.45) is 0 Å². The summed E-state index contributed by atoms with van der Waals surface area (Å²) in [6.45, 7) is 2.50. The largest absolute Gasteiger partial charge is 0.358 e. The van der Waals surface area contributed by atoms with Crippen LogP contribution in [0.1, 0.15) is 18.4 Å². The average Bonchev–Trinajstić information content (AvgIpc) is 3.08. The molecular formula is C16H17Cl2N5S. The topological polar surface area (TPSA) is 53.1 Å². The molecule has 126 valence electrons. The van der Waals surface area contributed by atoms with E-state index in [1.54, 1.807) is 6.07 Å². The first-order valence-corrected chi connectivity index (χ1v) is 8.86. The third-order valence-electron chi connectivity index (χ3n) is 3.73. The van der Waals surface area contributed by atoms with Crippen LogP contribution >= 0.6 is 35.4 Å². The minimum Gasteiger partial charge on any atom is -0.358 e. The van der Waals surface area contributed by atoms with Crippen molar-refractivity contribution in [1.82, 2.24) is 15.3 Å². The molecule has 0 bridgehead atoms. The highest BCUT2D eigenvalue weighted by molar-refractivity contribution is 7.80. The van der Waals surface area contributed by atoms with Crippen molar-refractivity contribution in [1.29, 1.82) is 0 Å². The molecule has 2 heterocycles. The summed E-state index contributed by atoms with van der Waals surface area (Å²) < 4.78 is 0. The summed E-state index contributed by atoms with van der Waals surface area (Å²) in [5.41, 5.74) is 0.966. The van der Waals surface area contributed by atoms with E-state index in [4.69, 9.17) is 35.4 Å². The second kappa shape index (κ2) is 7.96. The number of anilines is 2. The van der Waals surface area contributed by atoms with Gasteiger partial charge in [0.1, 0.15) is 11.0 Å². The van der Waals surface area contributed by atoms with Gasteiger partial charge in [-0.15, -0.1) is 0 Å². The predicted octanol–water partition coefficient (Wildman–Crippen LogP) is 3.87. The lowest BCUT2D eigenvalue weighted by atomic mass is 10.2. The molecule has 2 aromatic rings. The third kappa shape index (κ3) is 4.47. The van der Waals surface area contributed by atoms with Gasteiger partial charge in [-0.1, -0.05) is 41.4 Å². The van der Waals surface area contributed by atoms with Gasteiger partial charge in [0.05, 0.1) is 0 Å². The van der Waals surface area contributed by atoms with E-state index in [0.717, 1.165) is 24.5 Å². The Balaban J connectivity index is 1.62. The third-order valence-corrected chi connectivity index (χ3v) is 4.54. The Morgan fingerprint density at radius 2 is 1.92 bits per heavy atom. The summed E-state index contributed by atoms with van der Waals surface area (Å²) in [7, 11) is 0. The fourth-order valence-corrected chi connectivity index (χ4v) is 3.08. The van der Waals surface area contributed by atoms with Crippen LogP contribution in [-0.4, -0.2) is 28.2 Å². The molecule has 8 heteroatoms. The molecular weight excluding hydrogens is 365 g/mol. The number of benzene rings is 1. The van der Waals surface area contributed by atoms with Crippen LogP contribution in [0.2, 0.25) is 10.2 Å². The molecule has 0 spiro atoms. The Bertz CT molecular complexity index is 734. The van der Waals surface area contributed by atoms with E-state index >= 15 is 0 Å². The smallest absolute Gasteiger partial charge is 0.232 e. The van der Waals surface area contributed by atoms with Crippen molar-refractivity contribution >= 4 is 52.3 Å². The first-order valence-electron chi connectivity index (χ1n) is 7.69. The Morgan fingerprint density at radius 1 is 1.17 bits per heavy atom. The van der Waals surface area contributed by atoms with Gasteiger partial charge < -0.3 is 15.5 Å². The van der Waals surface area contributed by atoms with Gasteiger partial charge in [-0.3, -0.25) is 0 Å². The van der Waals surface area contributed by atoms with E-state index in [2.05, 4.69) is 25.5 Å². The van der Waals surface area contributed by atoms with E-state index in [0.29, 0.717) is 27.8 Å². The minimum atomic E-state index is 0.390. The molecule has 1 fully saturated rings. The molecule has 1 aliphatic rings. The number of thiocarbonyl (C=S) groups is 1. The van der Waals surface area contributed by atoms with E-state index in [1.807, 2.05) is 24.3 Å². The van der Waals surface area contributed by atoms with Gasteiger partial charge >= 0.3 is 0 Å². The van der Waals surface area contributed by atoms with Crippen LogP contribution in [0.5, 0.6) is 0 Å². The normalized spacial score (nSPS) is 13.8. The lowest BCUT2D eigenvalue weighted by Gasteiger charge is -2.17. The van der Waals surface area contributed by atoms with Crippen LogP contribution in [-0.2, 0) is 6.54 Å². The lowest BCUT2D eigenvalue weighted by molar-refractivity contribution is 0.916. The van der Waals surface area contributed by atoms with Gasteiger partial charge in [-0.2, -0.15) is 4.98 Å². The van der Waals surface area contributed by atoms with Crippen LogP contribution < -0.4 is 15.5 Å².